The molecule has 0 fully saturated rings. The van der Waals surface area contributed by atoms with Gasteiger partial charge in [-0.25, -0.2) is 0 Å². The molecule has 0 amide bonds. The summed E-state index contributed by atoms with van der Waals surface area (Å²) in [5, 5.41) is 28.6. The molecule has 0 unspecified atom stereocenters. The Bertz CT molecular complexity index is 2710. The fourth-order valence-electron chi connectivity index (χ4n) is 9.51. The lowest BCUT2D eigenvalue weighted by Crippen LogP contribution is -2.48. The first-order valence-electron chi connectivity index (χ1n) is 22.7. The van der Waals surface area contributed by atoms with Gasteiger partial charge in [0.15, 0.2) is 0 Å². The van der Waals surface area contributed by atoms with E-state index >= 15 is 0 Å². The molecule has 0 bridgehead atoms. The number of carbonyl (C=O) groups excluding carboxylic acids is 1. The first-order chi connectivity index (χ1) is 29.5. The molecule has 1 aliphatic carbocycles. The van der Waals surface area contributed by atoms with Crippen LogP contribution in [0.5, 0.6) is 0 Å². The first kappa shape index (κ1) is 39.7. The van der Waals surface area contributed by atoms with E-state index in [-0.39, 0.29) is 25.5 Å². The molecule has 6 nitrogen and oxygen atoms in total. The largest absolute Gasteiger partial charge is 0.506 e. The Kier molecular flexibility index (Phi) is 11.8. The van der Waals surface area contributed by atoms with Gasteiger partial charge >= 0.3 is 14.0 Å². The van der Waals surface area contributed by atoms with Gasteiger partial charge in [0.05, 0.1) is 16.5 Å². The zero-order chi connectivity index (χ0) is 41.0. The minimum Gasteiger partial charge on any atom is -0.506 e. The fourth-order valence-corrected chi connectivity index (χ4v) is 9.51. The molecule has 0 atom stereocenters. The number of aryl methyl sites for hydroxylation is 2. The number of aliphatic hydroxyl groups excluding tert-OH is 1. The van der Waals surface area contributed by atoms with Gasteiger partial charge in [0.1, 0.15) is 5.76 Å². The Hall–Kier alpha value is -5.75. The monoisotopic (exact) mass is 790 g/mol. The molecule has 0 saturated heterocycles. The van der Waals surface area contributed by atoms with Crippen LogP contribution in [-0.2, 0) is 17.6 Å². The molecule has 2 heterocycles. The summed E-state index contributed by atoms with van der Waals surface area (Å²) in [7, 11) is 0. The van der Waals surface area contributed by atoms with Crippen LogP contribution in [-0.4, -0.2) is 24.9 Å². The minimum absolute atomic E-state index is 0.0152. The Morgan fingerprint density at radius 3 is 1.75 bits per heavy atom. The summed E-state index contributed by atoms with van der Waals surface area (Å²) in [6, 6.07) is 38.2. The second kappa shape index (κ2) is 17.8. The third-order valence-electron chi connectivity index (χ3n) is 12.9. The number of nitrogens with zero attached hydrogens (tertiary/aromatic N) is 1. The number of unbranched alkanes of at least 4 members (excludes halogenated alkanes) is 10. The van der Waals surface area contributed by atoms with Gasteiger partial charge in [-0.15, -0.1) is 0 Å². The number of rotatable bonds is 17. The van der Waals surface area contributed by atoms with Gasteiger partial charge in [0, 0.05) is 38.6 Å². The fraction of sp³-hybridized carbons (Fsp3) is 0.308. The summed E-state index contributed by atoms with van der Waals surface area (Å²) in [5.41, 5.74) is 9.09. The normalized spacial score (nSPS) is 15.1. The lowest BCUT2D eigenvalue weighted by molar-refractivity contribution is -0.109. The lowest BCUT2D eigenvalue weighted by atomic mass is 9.65. The molecule has 60 heavy (non-hydrogen) atoms. The molecule has 0 aromatic heterocycles. The van der Waals surface area contributed by atoms with Gasteiger partial charge in [0.25, 0.3) is 0 Å². The Morgan fingerprint density at radius 1 is 0.550 bits per heavy atom. The Morgan fingerprint density at radius 2 is 1.12 bits per heavy atom. The van der Waals surface area contributed by atoms with Gasteiger partial charge in [-0.1, -0.05) is 175 Å². The van der Waals surface area contributed by atoms with Crippen molar-refractivity contribution in [2.24, 2.45) is 4.90 Å². The van der Waals surface area contributed by atoms with Gasteiger partial charge in [0.2, 0.25) is 5.78 Å². The van der Waals surface area contributed by atoms with Gasteiger partial charge < -0.3 is 25.7 Å². The van der Waals surface area contributed by atoms with Crippen LogP contribution in [0, 0.1) is 0 Å². The van der Waals surface area contributed by atoms with Crippen molar-refractivity contribution in [1.82, 2.24) is 0 Å². The molecule has 2 aliphatic heterocycles. The third-order valence-corrected chi connectivity index (χ3v) is 12.9. The van der Waals surface area contributed by atoms with Crippen LogP contribution in [0.15, 0.2) is 120 Å². The topological polar surface area (TPSA) is 85.8 Å². The van der Waals surface area contributed by atoms with E-state index in [4.69, 9.17) is 4.90 Å². The predicted molar refractivity (Wildman–Crippen MR) is 255 cm³/mol. The number of ketones is 1. The van der Waals surface area contributed by atoms with Crippen LogP contribution in [0.4, 0.5) is 17.1 Å². The highest BCUT2D eigenvalue weighted by Crippen LogP contribution is 2.45. The average Bonchev–Trinajstić information content (AvgIpc) is 3.28. The number of allylic oxidation sites excluding steroid dienone is 2. The number of Topliss-reactive ketones (excluding diaryl/α,β-unsaturated/α-hetero) is 1. The zero-order valence-electron chi connectivity index (χ0n) is 35.2. The van der Waals surface area contributed by atoms with Gasteiger partial charge in [-0.2, -0.15) is 0 Å². The summed E-state index contributed by atoms with van der Waals surface area (Å²) in [6.45, 7) is 3.99. The van der Waals surface area contributed by atoms with Crippen molar-refractivity contribution < 1.29 is 9.90 Å². The summed E-state index contributed by atoms with van der Waals surface area (Å²) in [5.74, 6) is -0.157. The van der Waals surface area contributed by atoms with E-state index in [0.717, 1.165) is 67.7 Å². The standard InChI is InChI=1S/C52H56B2N4O2/c1-3-5-7-9-11-13-17-35-23-29-39(30-24-35)53-55-43-21-15-19-37-27-33-41(49(57-53)45(37)43)47-51(59)48(52(47)60)42-34-28-38-20-16-22-44-46(38)50(42)58-54(56-44)40-31-25-36(26-32-40)18-14-12-10-8-6-4-2/h15-16,19-34,55-57,59H,3-14,17-18H2,1-2H3. The molecule has 6 aromatic rings. The highest BCUT2D eigenvalue weighted by atomic mass is 16.3. The number of aliphatic hydroxyl groups is 1. The molecule has 302 valence electrons. The van der Waals surface area contributed by atoms with E-state index in [1.54, 1.807) is 0 Å². The molecule has 0 spiro atoms. The maximum atomic E-state index is 14.5. The van der Waals surface area contributed by atoms with Gasteiger partial charge in [-0.3, -0.25) is 4.79 Å². The third kappa shape index (κ3) is 7.85. The molecule has 8 heteroatoms. The average molecular weight is 791 g/mol. The van der Waals surface area contributed by atoms with Gasteiger partial charge in [-0.05, 0) is 70.6 Å². The van der Waals surface area contributed by atoms with Crippen molar-refractivity contribution in [3.05, 3.63) is 142 Å². The van der Waals surface area contributed by atoms with Crippen molar-refractivity contribution in [2.75, 3.05) is 15.7 Å². The number of carbonyl (C=O) groups is 1. The van der Waals surface area contributed by atoms with Crippen molar-refractivity contribution in [3.8, 4) is 0 Å². The minimum atomic E-state index is -0.324. The van der Waals surface area contributed by atoms with E-state index in [1.165, 1.54) is 88.2 Å². The number of anilines is 3. The molecule has 0 saturated carbocycles. The van der Waals surface area contributed by atoms with Crippen LogP contribution in [0.2, 0.25) is 0 Å². The summed E-state index contributed by atoms with van der Waals surface area (Å²) in [4.78, 5) is 19.8. The van der Waals surface area contributed by atoms with Crippen LogP contribution in [0.1, 0.15) is 108 Å². The summed E-state index contributed by atoms with van der Waals surface area (Å²) >= 11 is 0. The molecular weight excluding hydrogens is 734 g/mol. The van der Waals surface area contributed by atoms with Crippen LogP contribution in [0.25, 0.3) is 32.7 Å². The second-order valence-corrected chi connectivity index (χ2v) is 17.1. The van der Waals surface area contributed by atoms with Crippen LogP contribution in [0.3, 0.4) is 0 Å². The lowest BCUT2D eigenvalue weighted by Gasteiger charge is -2.31. The maximum absolute atomic E-state index is 14.5. The molecule has 4 N–H and O–H groups in total. The number of nitrogens with one attached hydrogen (secondary N) is 3. The number of benzene rings is 6. The quantitative estimate of drug-likeness (QED) is 0.0546. The van der Waals surface area contributed by atoms with Crippen molar-refractivity contribution in [3.63, 3.8) is 0 Å². The maximum Gasteiger partial charge on any atom is 0.427 e. The van der Waals surface area contributed by atoms with E-state index in [0.29, 0.717) is 21.9 Å². The first-order valence-corrected chi connectivity index (χ1v) is 22.7. The Balaban J connectivity index is 1.02. The second-order valence-electron chi connectivity index (χ2n) is 17.1. The van der Waals surface area contributed by atoms with Crippen LogP contribution >= 0.6 is 0 Å². The van der Waals surface area contributed by atoms with E-state index in [1.807, 2.05) is 24.3 Å². The molecule has 3 aliphatic rings. The number of hydrogen-bond acceptors (Lipinski definition) is 6. The summed E-state index contributed by atoms with van der Waals surface area (Å²) < 4.78 is 0. The molecule has 0 radical (unpaired) electrons. The van der Waals surface area contributed by atoms with E-state index in [9.17, 15) is 9.90 Å². The SMILES string of the molecule is CCCCCCCCc1ccc(B2N=c3c(=C4C(=O)C(c5ccc6cccc7c6c5NB(c5ccc(CCCCCCCC)cc5)N7)=C4O)ccc4cccc(c34)N2)cc1. The summed E-state index contributed by atoms with van der Waals surface area (Å²) in [6.07, 6.45) is 17.6. The molecule has 9 rings (SSSR count). The Labute approximate surface area is 355 Å². The van der Waals surface area contributed by atoms with E-state index in [2.05, 4.69) is 114 Å². The zero-order valence-corrected chi connectivity index (χ0v) is 35.2. The predicted octanol–water partition coefficient (Wildman–Crippen LogP) is 10.2. The number of hydrogen-bond donors (Lipinski definition) is 4. The smallest absolute Gasteiger partial charge is 0.427 e. The highest BCUT2D eigenvalue weighted by molar-refractivity contribution is 6.80. The highest BCUT2D eigenvalue weighted by Gasteiger charge is 2.39. The van der Waals surface area contributed by atoms with Crippen molar-refractivity contribution in [2.45, 2.75) is 104 Å². The van der Waals surface area contributed by atoms with Crippen molar-refractivity contribution in [1.29, 1.82) is 0 Å². The van der Waals surface area contributed by atoms with Crippen LogP contribution < -0.4 is 37.2 Å². The van der Waals surface area contributed by atoms with E-state index < -0.39 is 0 Å². The van der Waals surface area contributed by atoms with Crippen molar-refractivity contribution >= 4 is 80.4 Å². The molecular formula is C52H56B2N4O2. The molecule has 6 aromatic carbocycles.